The van der Waals surface area contributed by atoms with Crippen molar-refractivity contribution >= 4 is 10.0 Å². The molecule has 116 valence electrons. The van der Waals surface area contributed by atoms with Gasteiger partial charge in [0.2, 0.25) is 10.0 Å². The molecule has 0 spiro atoms. The van der Waals surface area contributed by atoms with Gasteiger partial charge < -0.3 is 5.73 Å². The average molecular weight is 309 g/mol. The maximum absolute atomic E-state index is 12.9. The van der Waals surface area contributed by atoms with Gasteiger partial charge in [-0.05, 0) is 43.5 Å². The first-order chi connectivity index (χ1) is 10.0. The van der Waals surface area contributed by atoms with Crippen LogP contribution < -0.4 is 5.73 Å². The van der Waals surface area contributed by atoms with E-state index in [0.29, 0.717) is 30.6 Å². The molecule has 6 heteroatoms. The molecule has 2 fully saturated rings. The van der Waals surface area contributed by atoms with Gasteiger partial charge in [0.1, 0.15) is 0 Å². The predicted molar refractivity (Wildman–Crippen MR) is 82.4 cm³/mol. The van der Waals surface area contributed by atoms with Crippen LogP contribution in [0, 0.1) is 6.92 Å². The van der Waals surface area contributed by atoms with E-state index in [4.69, 9.17) is 5.73 Å². The summed E-state index contributed by atoms with van der Waals surface area (Å²) in [5.74, 6) is 0. The first-order valence-corrected chi connectivity index (χ1v) is 9.01. The van der Waals surface area contributed by atoms with Gasteiger partial charge in [0.05, 0.1) is 4.90 Å². The Balaban J connectivity index is 1.90. The summed E-state index contributed by atoms with van der Waals surface area (Å²) in [7, 11) is -3.41. The highest BCUT2D eigenvalue weighted by Gasteiger charge is 2.36. The Morgan fingerprint density at radius 3 is 2.86 bits per heavy atom. The largest absolute Gasteiger partial charge is 0.326 e. The minimum Gasteiger partial charge on any atom is -0.326 e. The maximum atomic E-state index is 12.9. The van der Waals surface area contributed by atoms with Gasteiger partial charge in [-0.15, -0.1) is 0 Å². The van der Waals surface area contributed by atoms with Crippen molar-refractivity contribution in [2.45, 2.75) is 37.2 Å². The second-order valence-electron chi connectivity index (χ2n) is 5.94. The number of benzene rings is 1. The highest BCUT2D eigenvalue weighted by Crippen LogP contribution is 2.28. The number of rotatable bonds is 3. The van der Waals surface area contributed by atoms with Crippen LogP contribution in [0.5, 0.6) is 0 Å². The van der Waals surface area contributed by atoms with Crippen LogP contribution in [0.2, 0.25) is 0 Å². The molecule has 2 heterocycles. The van der Waals surface area contributed by atoms with Crippen LogP contribution in [-0.4, -0.2) is 49.8 Å². The molecular formula is C15H23N3O2S. The van der Waals surface area contributed by atoms with Crippen LogP contribution in [0.25, 0.3) is 0 Å². The van der Waals surface area contributed by atoms with Crippen molar-refractivity contribution in [2.24, 2.45) is 5.73 Å². The minimum absolute atomic E-state index is 0.367. The molecule has 1 aromatic rings. The quantitative estimate of drug-likeness (QED) is 0.902. The number of fused-ring (bicyclic) bond motifs is 1. The molecule has 1 aromatic carbocycles. The Morgan fingerprint density at radius 2 is 2.10 bits per heavy atom. The molecule has 0 aliphatic carbocycles. The highest BCUT2D eigenvalue weighted by molar-refractivity contribution is 7.89. The topological polar surface area (TPSA) is 66.6 Å². The van der Waals surface area contributed by atoms with Gasteiger partial charge in [0, 0.05) is 32.2 Å². The standard InChI is InChI=1S/C15H23N3O2S/c1-12-13(10-16)4-2-6-15(12)21(19,20)18-9-8-17-7-3-5-14(17)11-18/h2,4,6,14H,3,5,7-11,16H2,1H3. The summed E-state index contributed by atoms with van der Waals surface area (Å²) in [6.45, 7) is 5.38. The zero-order valence-electron chi connectivity index (χ0n) is 12.5. The van der Waals surface area contributed by atoms with E-state index < -0.39 is 10.0 Å². The van der Waals surface area contributed by atoms with Crippen molar-refractivity contribution in [3.05, 3.63) is 29.3 Å². The van der Waals surface area contributed by atoms with Crippen LogP contribution >= 0.6 is 0 Å². The Hall–Kier alpha value is -0.950. The fourth-order valence-corrected chi connectivity index (χ4v) is 5.22. The molecule has 3 rings (SSSR count). The summed E-state index contributed by atoms with van der Waals surface area (Å²) >= 11 is 0. The molecule has 0 aromatic heterocycles. The molecule has 2 N–H and O–H groups in total. The maximum Gasteiger partial charge on any atom is 0.243 e. The second-order valence-corrected chi connectivity index (χ2v) is 7.85. The average Bonchev–Trinajstić information content (AvgIpc) is 2.94. The molecule has 1 atom stereocenters. The number of piperazine rings is 1. The molecule has 0 saturated carbocycles. The summed E-state index contributed by atoms with van der Waals surface area (Å²) in [4.78, 5) is 2.83. The van der Waals surface area contributed by atoms with Gasteiger partial charge in [-0.3, -0.25) is 4.90 Å². The number of nitrogens with zero attached hydrogens (tertiary/aromatic N) is 2. The molecule has 2 saturated heterocycles. The molecule has 1 unspecified atom stereocenters. The molecule has 2 aliphatic rings. The molecule has 0 amide bonds. The van der Waals surface area contributed by atoms with E-state index in [2.05, 4.69) is 4.90 Å². The molecule has 5 nitrogen and oxygen atoms in total. The number of sulfonamides is 1. The van der Waals surface area contributed by atoms with Crippen molar-refractivity contribution in [2.75, 3.05) is 26.2 Å². The Labute approximate surface area is 126 Å². The molecular weight excluding hydrogens is 286 g/mol. The lowest BCUT2D eigenvalue weighted by molar-refractivity contribution is 0.158. The lowest BCUT2D eigenvalue weighted by atomic mass is 10.1. The predicted octanol–water partition coefficient (Wildman–Crippen LogP) is 0.922. The summed E-state index contributed by atoms with van der Waals surface area (Å²) in [6.07, 6.45) is 2.29. The monoisotopic (exact) mass is 309 g/mol. The van der Waals surface area contributed by atoms with Gasteiger partial charge in [0.15, 0.2) is 0 Å². The Kier molecular flexibility index (Phi) is 4.05. The van der Waals surface area contributed by atoms with E-state index in [-0.39, 0.29) is 0 Å². The lowest BCUT2D eigenvalue weighted by Gasteiger charge is -2.36. The van der Waals surface area contributed by atoms with Crippen molar-refractivity contribution in [1.82, 2.24) is 9.21 Å². The van der Waals surface area contributed by atoms with Crippen LogP contribution in [0.4, 0.5) is 0 Å². The second kappa shape index (κ2) is 5.68. The van der Waals surface area contributed by atoms with Gasteiger partial charge in [-0.25, -0.2) is 8.42 Å². The first kappa shape index (κ1) is 15.0. The van der Waals surface area contributed by atoms with Crippen LogP contribution in [-0.2, 0) is 16.6 Å². The molecule has 0 radical (unpaired) electrons. The van der Waals surface area contributed by atoms with Crippen LogP contribution in [0.3, 0.4) is 0 Å². The van der Waals surface area contributed by atoms with E-state index >= 15 is 0 Å². The smallest absolute Gasteiger partial charge is 0.243 e. The van der Waals surface area contributed by atoms with E-state index in [1.165, 1.54) is 6.42 Å². The third-order valence-electron chi connectivity index (χ3n) is 4.78. The summed E-state index contributed by atoms with van der Waals surface area (Å²) in [5, 5.41) is 0. The summed E-state index contributed by atoms with van der Waals surface area (Å²) in [5.41, 5.74) is 7.38. The third kappa shape index (κ3) is 2.61. The van der Waals surface area contributed by atoms with E-state index in [0.717, 1.165) is 30.6 Å². The number of nitrogens with two attached hydrogens (primary N) is 1. The summed E-state index contributed by atoms with van der Waals surface area (Å²) < 4.78 is 27.5. The normalized spacial score (nSPS) is 24.2. The zero-order valence-corrected chi connectivity index (χ0v) is 13.3. The van der Waals surface area contributed by atoms with E-state index in [1.54, 1.807) is 16.4 Å². The molecule has 21 heavy (non-hydrogen) atoms. The van der Waals surface area contributed by atoms with Crippen LogP contribution in [0.15, 0.2) is 23.1 Å². The lowest BCUT2D eigenvalue weighted by Crippen LogP contribution is -2.52. The van der Waals surface area contributed by atoms with Crippen molar-refractivity contribution in [1.29, 1.82) is 0 Å². The van der Waals surface area contributed by atoms with E-state index in [1.807, 2.05) is 13.0 Å². The van der Waals surface area contributed by atoms with Crippen molar-refractivity contribution in [3.8, 4) is 0 Å². The first-order valence-electron chi connectivity index (χ1n) is 7.57. The van der Waals surface area contributed by atoms with Crippen molar-refractivity contribution < 1.29 is 8.42 Å². The fourth-order valence-electron chi connectivity index (χ4n) is 3.48. The zero-order chi connectivity index (χ0) is 15.0. The number of hydrogen-bond donors (Lipinski definition) is 1. The molecule has 2 aliphatic heterocycles. The molecule has 0 bridgehead atoms. The Bertz CT molecular complexity index is 630. The van der Waals surface area contributed by atoms with Crippen molar-refractivity contribution in [3.63, 3.8) is 0 Å². The third-order valence-corrected chi connectivity index (χ3v) is 6.79. The van der Waals surface area contributed by atoms with Gasteiger partial charge >= 0.3 is 0 Å². The summed E-state index contributed by atoms with van der Waals surface area (Å²) in [6, 6.07) is 5.77. The fraction of sp³-hybridized carbons (Fsp3) is 0.600. The van der Waals surface area contributed by atoms with Gasteiger partial charge in [-0.1, -0.05) is 12.1 Å². The Morgan fingerprint density at radius 1 is 1.29 bits per heavy atom. The number of hydrogen-bond acceptors (Lipinski definition) is 4. The van der Waals surface area contributed by atoms with E-state index in [9.17, 15) is 8.42 Å². The van der Waals surface area contributed by atoms with Crippen LogP contribution in [0.1, 0.15) is 24.0 Å². The highest BCUT2D eigenvalue weighted by atomic mass is 32.2. The minimum atomic E-state index is -3.41. The SMILES string of the molecule is Cc1c(CN)cccc1S(=O)(=O)N1CCN2CCCC2C1. The van der Waals surface area contributed by atoms with Gasteiger partial charge in [-0.2, -0.15) is 4.31 Å². The van der Waals surface area contributed by atoms with Gasteiger partial charge in [0.25, 0.3) is 0 Å².